The second-order valence-corrected chi connectivity index (χ2v) is 4.74. The summed E-state index contributed by atoms with van der Waals surface area (Å²) >= 11 is 4.95. The fourth-order valence-corrected chi connectivity index (χ4v) is 2.51. The van der Waals surface area contributed by atoms with Gasteiger partial charge < -0.3 is 0 Å². The Kier molecular flexibility index (Phi) is 2.15. The van der Waals surface area contributed by atoms with Crippen molar-refractivity contribution in [3.63, 3.8) is 0 Å². The molecule has 0 aliphatic carbocycles. The summed E-state index contributed by atoms with van der Waals surface area (Å²) in [5, 5.41) is 2.01. The predicted molar refractivity (Wildman–Crippen MR) is 48.5 cm³/mol. The molecule has 0 unspecified atom stereocenters. The minimum Gasteiger partial charge on any atom is -0.196 e. The van der Waals surface area contributed by atoms with Crippen molar-refractivity contribution in [2.24, 2.45) is 0 Å². The van der Waals surface area contributed by atoms with Crippen molar-refractivity contribution in [1.29, 1.82) is 0 Å². The van der Waals surface area contributed by atoms with Crippen LogP contribution < -0.4 is 0 Å². The normalized spacial score (nSPS) is 12.0. The number of hydrogen-bond donors (Lipinski definition) is 0. The van der Waals surface area contributed by atoms with Gasteiger partial charge >= 0.3 is 0 Å². The van der Waals surface area contributed by atoms with Crippen LogP contribution in [0.2, 0.25) is 0 Å². The Morgan fingerprint density at radius 2 is 2.10 bits per heavy atom. The van der Waals surface area contributed by atoms with Gasteiger partial charge in [0.1, 0.15) is 0 Å². The molecule has 3 heteroatoms. The van der Waals surface area contributed by atoms with Gasteiger partial charge in [0.05, 0.1) is 10.2 Å². The molecule has 1 aromatic heterocycles. The van der Waals surface area contributed by atoms with Crippen LogP contribution >= 0.6 is 27.5 Å². The zero-order chi connectivity index (χ0) is 7.78. The molecule has 0 spiro atoms. The first-order valence-corrected chi connectivity index (χ1v) is 4.75. The molecule has 0 fully saturated rings. The van der Waals surface area contributed by atoms with E-state index in [2.05, 4.69) is 41.1 Å². The monoisotopic (exact) mass is 219 g/mol. The Balaban J connectivity index is 3.05. The third-order valence-corrected chi connectivity index (χ3v) is 2.77. The third-order valence-electron chi connectivity index (χ3n) is 1.24. The number of rotatable bonds is 0. The maximum absolute atomic E-state index is 4.28. The summed E-state index contributed by atoms with van der Waals surface area (Å²) in [6.07, 6.45) is 0. The Labute approximate surface area is 73.8 Å². The van der Waals surface area contributed by atoms with Gasteiger partial charge in [-0.05, 0) is 27.5 Å². The lowest BCUT2D eigenvalue weighted by Crippen LogP contribution is -2.11. The molecule has 0 N–H and O–H groups in total. The maximum atomic E-state index is 4.28. The van der Waals surface area contributed by atoms with E-state index < -0.39 is 0 Å². The summed E-state index contributed by atoms with van der Waals surface area (Å²) < 4.78 is 5.41. The van der Waals surface area contributed by atoms with E-state index in [4.69, 9.17) is 0 Å². The Bertz CT molecular complexity index is 224. The van der Waals surface area contributed by atoms with Gasteiger partial charge in [0.25, 0.3) is 0 Å². The lowest BCUT2D eigenvalue weighted by molar-refractivity contribution is 0.573. The number of aromatic nitrogens is 1. The number of hydrogen-bond acceptors (Lipinski definition) is 2. The van der Waals surface area contributed by atoms with Crippen LogP contribution in [0.3, 0.4) is 0 Å². The average molecular weight is 220 g/mol. The van der Waals surface area contributed by atoms with Gasteiger partial charge in [0.15, 0.2) is 0 Å². The summed E-state index contributed by atoms with van der Waals surface area (Å²) in [7, 11) is 0. The highest BCUT2D eigenvalue weighted by molar-refractivity contribution is 9.10. The van der Waals surface area contributed by atoms with Crippen molar-refractivity contribution >= 4 is 27.5 Å². The summed E-state index contributed by atoms with van der Waals surface area (Å²) in [4.78, 5) is 0. The topological polar surface area (TPSA) is 12.9 Å². The van der Waals surface area contributed by atoms with E-state index in [0.717, 1.165) is 10.2 Å². The van der Waals surface area contributed by atoms with Gasteiger partial charge in [-0.25, -0.2) is 0 Å². The molecule has 0 saturated heterocycles. The molecule has 10 heavy (non-hydrogen) atoms. The van der Waals surface area contributed by atoms with Crippen LogP contribution in [0.5, 0.6) is 0 Å². The molecule has 0 aliphatic heterocycles. The van der Waals surface area contributed by atoms with E-state index in [1.54, 1.807) is 0 Å². The van der Waals surface area contributed by atoms with Gasteiger partial charge in [0.2, 0.25) is 0 Å². The zero-order valence-corrected chi connectivity index (χ0v) is 8.71. The summed E-state index contributed by atoms with van der Waals surface area (Å²) in [6.45, 7) is 6.48. The van der Waals surface area contributed by atoms with Crippen LogP contribution in [0.1, 0.15) is 26.5 Å². The van der Waals surface area contributed by atoms with Gasteiger partial charge in [-0.3, -0.25) is 0 Å². The van der Waals surface area contributed by atoms with Crippen molar-refractivity contribution in [2.75, 3.05) is 0 Å². The minimum absolute atomic E-state index is 0.166. The molecule has 0 amide bonds. The van der Waals surface area contributed by atoms with E-state index in [0.29, 0.717) is 0 Å². The molecule has 1 aromatic rings. The van der Waals surface area contributed by atoms with Crippen molar-refractivity contribution in [3.05, 3.63) is 15.5 Å². The van der Waals surface area contributed by atoms with Crippen molar-refractivity contribution in [3.8, 4) is 0 Å². The molecular weight excluding hydrogens is 210 g/mol. The summed E-state index contributed by atoms with van der Waals surface area (Å²) in [5.41, 5.74) is 1.32. The average Bonchev–Trinajstić information content (AvgIpc) is 2.11. The van der Waals surface area contributed by atoms with E-state index in [-0.39, 0.29) is 5.41 Å². The van der Waals surface area contributed by atoms with Crippen LogP contribution in [-0.4, -0.2) is 4.37 Å². The molecule has 0 saturated carbocycles. The first kappa shape index (κ1) is 8.21. The van der Waals surface area contributed by atoms with Crippen molar-refractivity contribution < 1.29 is 0 Å². The molecule has 1 nitrogen and oxygen atoms in total. The minimum atomic E-state index is 0.166. The van der Waals surface area contributed by atoms with Crippen LogP contribution in [0.25, 0.3) is 0 Å². The Morgan fingerprint density at radius 1 is 1.50 bits per heavy atom. The van der Waals surface area contributed by atoms with Crippen LogP contribution in [0.4, 0.5) is 0 Å². The van der Waals surface area contributed by atoms with Gasteiger partial charge in [-0.15, -0.1) is 0 Å². The smallest absolute Gasteiger partial charge is 0.0737 e. The Morgan fingerprint density at radius 3 is 2.30 bits per heavy atom. The summed E-state index contributed by atoms with van der Waals surface area (Å²) in [6, 6.07) is 0. The first-order chi connectivity index (χ1) is 4.52. The van der Waals surface area contributed by atoms with Crippen LogP contribution in [0, 0.1) is 0 Å². The lowest BCUT2D eigenvalue weighted by atomic mass is 9.93. The van der Waals surface area contributed by atoms with E-state index in [1.165, 1.54) is 11.5 Å². The third kappa shape index (κ3) is 1.58. The first-order valence-electron chi connectivity index (χ1n) is 3.12. The molecule has 0 aliphatic rings. The SMILES string of the molecule is CC(C)(C)c1nscc1Br. The van der Waals surface area contributed by atoms with Crippen LogP contribution in [0.15, 0.2) is 9.85 Å². The number of nitrogens with zero attached hydrogens (tertiary/aromatic N) is 1. The molecule has 0 radical (unpaired) electrons. The highest BCUT2D eigenvalue weighted by Gasteiger charge is 2.19. The molecule has 0 aromatic carbocycles. The summed E-state index contributed by atoms with van der Waals surface area (Å²) in [5.74, 6) is 0. The molecule has 0 bridgehead atoms. The lowest BCUT2D eigenvalue weighted by Gasteiger charge is -2.15. The van der Waals surface area contributed by atoms with Crippen LogP contribution in [-0.2, 0) is 5.41 Å². The van der Waals surface area contributed by atoms with E-state index in [9.17, 15) is 0 Å². The molecule has 0 atom stereocenters. The maximum Gasteiger partial charge on any atom is 0.0737 e. The van der Waals surface area contributed by atoms with Crippen molar-refractivity contribution in [2.45, 2.75) is 26.2 Å². The molecular formula is C7H10BrNS. The van der Waals surface area contributed by atoms with Gasteiger partial charge in [-0.1, -0.05) is 20.8 Å². The standard InChI is InChI=1S/C7H10BrNS/c1-7(2,3)6-5(8)4-10-9-6/h4H,1-3H3. The second kappa shape index (κ2) is 2.62. The fraction of sp³-hybridized carbons (Fsp3) is 0.571. The van der Waals surface area contributed by atoms with E-state index in [1.807, 2.05) is 5.38 Å². The fourth-order valence-electron chi connectivity index (χ4n) is 0.720. The second-order valence-electron chi connectivity index (χ2n) is 3.26. The predicted octanol–water partition coefficient (Wildman–Crippen LogP) is 3.20. The quantitative estimate of drug-likeness (QED) is 0.654. The molecule has 56 valence electrons. The molecule has 1 heterocycles. The largest absolute Gasteiger partial charge is 0.196 e. The highest BCUT2D eigenvalue weighted by atomic mass is 79.9. The van der Waals surface area contributed by atoms with E-state index >= 15 is 0 Å². The Hall–Kier alpha value is 0.110. The van der Waals surface area contributed by atoms with Gasteiger partial charge in [-0.2, -0.15) is 4.37 Å². The van der Waals surface area contributed by atoms with Gasteiger partial charge in [0, 0.05) is 10.8 Å². The molecule has 1 rings (SSSR count). The van der Waals surface area contributed by atoms with Crippen molar-refractivity contribution in [1.82, 2.24) is 4.37 Å². The number of halogens is 1. The highest BCUT2D eigenvalue weighted by Crippen LogP contribution is 2.29. The zero-order valence-electron chi connectivity index (χ0n) is 6.31.